The number of benzene rings is 1. The molecule has 20 heavy (non-hydrogen) atoms. The summed E-state index contributed by atoms with van der Waals surface area (Å²) in [4.78, 5) is 22.9. The van der Waals surface area contributed by atoms with Crippen molar-refractivity contribution in [2.45, 2.75) is 31.8 Å². The van der Waals surface area contributed by atoms with Crippen molar-refractivity contribution in [3.05, 3.63) is 27.3 Å². The molecule has 1 saturated heterocycles. The fraction of sp³-hybridized carbons (Fsp3) is 0.429. The summed E-state index contributed by atoms with van der Waals surface area (Å²) in [6.07, 6.45) is 3.33. The summed E-state index contributed by atoms with van der Waals surface area (Å²) in [6.45, 7) is 0.713. The second-order valence-corrected chi connectivity index (χ2v) is 6.02. The molecule has 108 valence electrons. The molecule has 1 atom stereocenters. The lowest BCUT2D eigenvalue weighted by atomic mass is 10.1. The Morgan fingerprint density at radius 1 is 1.35 bits per heavy atom. The minimum atomic E-state index is -1.00. The van der Waals surface area contributed by atoms with E-state index in [0.717, 1.165) is 22.8 Å². The smallest absolute Gasteiger partial charge is 0.335 e. The van der Waals surface area contributed by atoms with Crippen LogP contribution < -0.4 is 5.32 Å². The number of amides is 1. The van der Waals surface area contributed by atoms with Gasteiger partial charge in [0, 0.05) is 15.9 Å². The van der Waals surface area contributed by atoms with E-state index in [1.807, 2.05) is 22.6 Å². The van der Waals surface area contributed by atoms with Crippen LogP contribution in [0.3, 0.4) is 0 Å². The highest BCUT2D eigenvalue weighted by Crippen LogP contribution is 2.19. The Morgan fingerprint density at radius 3 is 2.80 bits per heavy atom. The molecule has 1 heterocycles. The number of hydrogen-bond acceptors (Lipinski definition) is 3. The average molecular weight is 389 g/mol. The standard InChI is InChI=1S/C14H16INO4/c15-10-5-9(14(18)19)6-11(7-10)16-13(17)8-12-3-1-2-4-20-12/h5-7,12H,1-4,8H2,(H,16,17)(H,18,19). The number of carbonyl (C=O) groups is 2. The summed E-state index contributed by atoms with van der Waals surface area (Å²) < 4.78 is 6.29. The first kappa shape index (κ1) is 15.2. The number of rotatable bonds is 4. The van der Waals surface area contributed by atoms with Crippen molar-refractivity contribution in [2.24, 2.45) is 0 Å². The fourth-order valence-electron chi connectivity index (χ4n) is 2.17. The molecule has 0 spiro atoms. The number of hydrogen-bond donors (Lipinski definition) is 2. The van der Waals surface area contributed by atoms with Crippen LogP contribution in [0, 0.1) is 3.57 Å². The van der Waals surface area contributed by atoms with E-state index in [4.69, 9.17) is 9.84 Å². The van der Waals surface area contributed by atoms with E-state index in [-0.39, 0.29) is 17.6 Å². The van der Waals surface area contributed by atoms with Gasteiger partial charge in [0.1, 0.15) is 0 Å². The van der Waals surface area contributed by atoms with Crippen LogP contribution in [0.2, 0.25) is 0 Å². The van der Waals surface area contributed by atoms with Crippen molar-refractivity contribution in [2.75, 3.05) is 11.9 Å². The summed E-state index contributed by atoms with van der Waals surface area (Å²) in [6, 6.07) is 4.76. The van der Waals surface area contributed by atoms with Crippen LogP contribution in [0.5, 0.6) is 0 Å². The Labute approximate surface area is 130 Å². The number of carboxylic acid groups (broad SMARTS) is 1. The monoisotopic (exact) mass is 389 g/mol. The largest absolute Gasteiger partial charge is 0.478 e. The van der Waals surface area contributed by atoms with Gasteiger partial charge in [0.25, 0.3) is 0 Å². The Morgan fingerprint density at radius 2 is 2.15 bits per heavy atom. The summed E-state index contributed by atoms with van der Waals surface area (Å²) in [7, 11) is 0. The van der Waals surface area contributed by atoms with Gasteiger partial charge in [0.15, 0.2) is 0 Å². The number of ether oxygens (including phenoxy) is 1. The summed E-state index contributed by atoms with van der Waals surface area (Å²) >= 11 is 2.03. The molecule has 2 N–H and O–H groups in total. The first-order chi connectivity index (χ1) is 9.54. The molecule has 0 aliphatic carbocycles. The molecule has 0 aromatic heterocycles. The number of aromatic carboxylic acids is 1. The summed E-state index contributed by atoms with van der Waals surface area (Å²) in [5, 5.41) is 11.7. The minimum absolute atomic E-state index is 0.0227. The molecule has 2 rings (SSSR count). The first-order valence-corrected chi connectivity index (χ1v) is 7.58. The fourth-order valence-corrected chi connectivity index (χ4v) is 2.84. The van der Waals surface area contributed by atoms with Gasteiger partial charge in [-0.25, -0.2) is 4.79 Å². The van der Waals surface area contributed by atoms with Crippen molar-refractivity contribution in [3.63, 3.8) is 0 Å². The highest BCUT2D eigenvalue weighted by Gasteiger charge is 2.18. The molecular formula is C14H16INO4. The predicted molar refractivity (Wildman–Crippen MR) is 83.0 cm³/mol. The Hall–Kier alpha value is -1.15. The van der Waals surface area contributed by atoms with Crippen molar-refractivity contribution < 1.29 is 19.4 Å². The van der Waals surface area contributed by atoms with Gasteiger partial charge in [0.05, 0.1) is 18.1 Å². The molecule has 0 bridgehead atoms. The lowest BCUT2D eigenvalue weighted by Gasteiger charge is -2.22. The molecule has 1 aliphatic heterocycles. The SMILES string of the molecule is O=C(CC1CCCCO1)Nc1cc(I)cc(C(=O)O)c1. The van der Waals surface area contributed by atoms with Crippen LogP contribution in [-0.4, -0.2) is 29.7 Å². The van der Waals surface area contributed by atoms with E-state index in [1.165, 1.54) is 6.07 Å². The van der Waals surface area contributed by atoms with Crippen LogP contribution in [0.1, 0.15) is 36.0 Å². The van der Waals surface area contributed by atoms with Crippen LogP contribution in [-0.2, 0) is 9.53 Å². The quantitative estimate of drug-likeness (QED) is 0.777. The Balaban J connectivity index is 1.98. The van der Waals surface area contributed by atoms with Crippen LogP contribution in [0.15, 0.2) is 18.2 Å². The van der Waals surface area contributed by atoms with E-state index in [0.29, 0.717) is 18.7 Å². The number of anilines is 1. The molecule has 1 aliphatic rings. The van der Waals surface area contributed by atoms with Crippen molar-refractivity contribution in [1.82, 2.24) is 0 Å². The topological polar surface area (TPSA) is 75.6 Å². The molecule has 5 nitrogen and oxygen atoms in total. The Bertz CT molecular complexity index is 512. The predicted octanol–water partition coefficient (Wildman–Crippen LogP) is 2.89. The molecular weight excluding hydrogens is 373 g/mol. The van der Waals surface area contributed by atoms with Gasteiger partial charge in [0.2, 0.25) is 5.91 Å². The van der Waals surface area contributed by atoms with Gasteiger partial charge >= 0.3 is 5.97 Å². The maximum absolute atomic E-state index is 11.9. The zero-order valence-electron chi connectivity index (χ0n) is 10.9. The van der Waals surface area contributed by atoms with Crippen molar-refractivity contribution in [1.29, 1.82) is 0 Å². The summed E-state index contributed by atoms with van der Waals surface area (Å²) in [5.74, 6) is -1.15. The highest BCUT2D eigenvalue weighted by molar-refractivity contribution is 14.1. The number of carboxylic acids is 1. The van der Waals surface area contributed by atoms with Gasteiger partial charge < -0.3 is 15.2 Å². The van der Waals surface area contributed by atoms with Crippen molar-refractivity contribution >= 4 is 40.2 Å². The normalized spacial score (nSPS) is 18.6. The average Bonchev–Trinajstić information content (AvgIpc) is 2.38. The van der Waals surface area contributed by atoms with E-state index < -0.39 is 5.97 Å². The lowest BCUT2D eigenvalue weighted by molar-refractivity contribution is -0.119. The van der Waals surface area contributed by atoms with E-state index in [9.17, 15) is 9.59 Å². The number of nitrogens with one attached hydrogen (secondary N) is 1. The molecule has 6 heteroatoms. The lowest BCUT2D eigenvalue weighted by Crippen LogP contribution is -2.25. The van der Waals surface area contributed by atoms with Gasteiger partial charge in [-0.2, -0.15) is 0 Å². The second kappa shape index (κ2) is 7.03. The van der Waals surface area contributed by atoms with E-state index in [2.05, 4.69) is 5.32 Å². The number of carbonyl (C=O) groups excluding carboxylic acids is 1. The third-order valence-corrected chi connectivity index (χ3v) is 3.74. The molecule has 1 amide bonds. The molecule has 0 saturated carbocycles. The van der Waals surface area contributed by atoms with Crippen LogP contribution in [0.4, 0.5) is 5.69 Å². The minimum Gasteiger partial charge on any atom is -0.478 e. The van der Waals surface area contributed by atoms with Gasteiger partial charge in [-0.05, 0) is 60.1 Å². The molecule has 1 unspecified atom stereocenters. The molecule has 0 radical (unpaired) electrons. The maximum Gasteiger partial charge on any atom is 0.335 e. The van der Waals surface area contributed by atoms with Gasteiger partial charge in [-0.3, -0.25) is 4.79 Å². The Kier molecular flexibility index (Phi) is 5.36. The summed E-state index contributed by atoms with van der Waals surface area (Å²) in [5.41, 5.74) is 0.677. The third-order valence-electron chi connectivity index (χ3n) is 3.12. The van der Waals surface area contributed by atoms with E-state index >= 15 is 0 Å². The van der Waals surface area contributed by atoms with Crippen LogP contribution >= 0.6 is 22.6 Å². The second-order valence-electron chi connectivity index (χ2n) is 4.77. The maximum atomic E-state index is 11.9. The molecule has 1 fully saturated rings. The zero-order chi connectivity index (χ0) is 14.5. The van der Waals surface area contributed by atoms with Crippen molar-refractivity contribution in [3.8, 4) is 0 Å². The van der Waals surface area contributed by atoms with E-state index in [1.54, 1.807) is 12.1 Å². The van der Waals surface area contributed by atoms with Gasteiger partial charge in [-0.1, -0.05) is 0 Å². The van der Waals surface area contributed by atoms with Crippen LogP contribution in [0.25, 0.3) is 0 Å². The van der Waals surface area contributed by atoms with Gasteiger partial charge in [-0.15, -0.1) is 0 Å². The third kappa shape index (κ3) is 4.45. The molecule has 1 aromatic rings. The highest BCUT2D eigenvalue weighted by atomic mass is 127. The first-order valence-electron chi connectivity index (χ1n) is 6.50. The number of halogens is 1. The zero-order valence-corrected chi connectivity index (χ0v) is 13.1. The molecule has 1 aromatic carbocycles.